The van der Waals surface area contributed by atoms with Crippen LogP contribution < -0.4 is 5.32 Å². The smallest absolute Gasteiger partial charge is 0.239 e. The average molecular weight is 239 g/mol. The Morgan fingerprint density at radius 2 is 2.44 bits per heavy atom. The number of rotatable bonds is 3. The van der Waals surface area contributed by atoms with E-state index < -0.39 is 0 Å². The number of alkyl halides is 1. The number of pyridine rings is 1. The number of amides is 1. The zero-order valence-corrected chi connectivity index (χ0v) is 9.53. The molecule has 16 heavy (non-hydrogen) atoms. The largest absolute Gasteiger partial charge is 0.358 e. The molecule has 2 rings (SSSR count). The van der Waals surface area contributed by atoms with Crippen molar-refractivity contribution < 1.29 is 4.79 Å². The van der Waals surface area contributed by atoms with Crippen LogP contribution in [0, 0.1) is 0 Å². The predicted octanol–water partition coefficient (Wildman–Crippen LogP) is 0.916. The van der Waals surface area contributed by atoms with E-state index in [-0.39, 0.29) is 18.3 Å². The highest BCUT2D eigenvalue weighted by atomic mass is 35.5. The van der Waals surface area contributed by atoms with Gasteiger partial charge in [0.15, 0.2) is 5.65 Å². The molecule has 5 nitrogen and oxygen atoms in total. The third-order valence-corrected chi connectivity index (χ3v) is 2.52. The van der Waals surface area contributed by atoms with Gasteiger partial charge in [0, 0.05) is 13.2 Å². The van der Waals surface area contributed by atoms with Crippen molar-refractivity contribution in [2.24, 2.45) is 0 Å². The number of likely N-dealkylation sites (N-methyl/N-ethyl adjacent to an activating group) is 1. The summed E-state index contributed by atoms with van der Waals surface area (Å²) in [5.74, 6) is 0.808. The van der Waals surface area contributed by atoms with Crippen molar-refractivity contribution in [3.05, 3.63) is 24.2 Å². The molecule has 6 heteroatoms. The van der Waals surface area contributed by atoms with Crippen LogP contribution in [0.15, 0.2) is 18.3 Å². The Morgan fingerprint density at radius 3 is 3.12 bits per heavy atom. The van der Waals surface area contributed by atoms with E-state index in [9.17, 15) is 4.79 Å². The second-order valence-corrected chi connectivity index (χ2v) is 3.53. The number of carbonyl (C=O) groups is 1. The van der Waals surface area contributed by atoms with Crippen molar-refractivity contribution in [2.75, 3.05) is 7.05 Å². The summed E-state index contributed by atoms with van der Waals surface area (Å²) in [6.07, 6.45) is 1.67. The van der Waals surface area contributed by atoms with Gasteiger partial charge in [-0.3, -0.25) is 4.79 Å². The molecule has 0 fully saturated rings. The van der Waals surface area contributed by atoms with Gasteiger partial charge in [0.05, 0.1) is 5.88 Å². The minimum atomic E-state index is -0.101. The standard InChI is InChI=1S/C10H11ClN4O/c1-12-9(16)6-15-8(5-11)14-7-3-2-4-13-10(7)15/h2-4H,5-6H2,1H3,(H,12,16). The van der Waals surface area contributed by atoms with Crippen LogP contribution in [0.1, 0.15) is 5.82 Å². The molecule has 1 amide bonds. The van der Waals surface area contributed by atoms with Crippen molar-refractivity contribution >= 4 is 28.7 Å². The number of nitrogens with zero attached hydrogens (tertiary/aromatic N) is 3. The Hall–Kier alpha value is -1.62. The lowest BCUT2D eigenvalue weighted by Gasteiger charge is -2.05. The lowest BCUT2D eigenvalue weighted by atomic mass is 10.4. The minimum absolute atomic E-state index is 0.101. The molecule has 0 aliphatic heterocycles. The highest BCUT2D eigenvalue weighted by Gasteiger charge is 2.12. The molecule has 0 atom stereocenters. The monoisotopic (exact) mass is 238 g/mol. The van der Waals surface area contributed by atoms with Gasteiger partial charge in [0.1, 0.15) is 17.9 Å². The molecule has 0 radical (unpaired) electrons. The van der Waals surface area contributed by atoms with Gasteiger partial charge in [-0.15, -0.1) is 11.6 Å². The van der Waals surface area contributed by atoms with Crippen LogP contribution in [0.5, 0.6) is 0 Å². The van der Waals surface area contributed by atoms with Crippen molar-refractivity contribution in [2.45, 2.75) is 12.4 Å². The number of hydrogen-bond acceptors (Lipinski definition) is 3. The number of imidazole rings is 1. The van der Waals surface area contributed by atoms with E-state index in [4.69, 9.17) is 11.6 Å². The molecule has 2 aromatic heterocycles. The summed E-state index contributed by atoms with van der Waals surface area (Å²) in [5, 5.41) is 2.56. The molecular weight excluding hydrogens is 228 g/mol. The average Bonchev–Trinajstić information content (AvgIpc) is 2.67. The second-order valence-electron chi connectivity index (χ2n) is 3.27. The summed E-state index contributed by atoms with van der Waals surface area (Å²) in [6.45, 7) is 0.187. The van der Waals surface area contributed by atoms with E-state index in [0.29, 0.717) is 11.5 Å². The first-order chi connectivity index (χ1) is 7.76. The van der Waals surface area contributed by atoms with Gasteiger partial charge in [0.25, 0.3) is 0 Å². The molecule has 0 spiro atoms. The van der Waals surface area contributed by atoms with Crippen molar-refractivity contribution in [1.29, 1.82) is 0 Å². The third kappa shape index (κ3) is 1.86. The van der Waals surface area contributed by atoms with Gasteiger partial charge >= 0.3 is 0 Å². The molecule has 0 bridgehead atoms. The highest BCUT2D eigenvalue weighted by Crippen LogP contribution is 2.14. The van der Waals surface area contributed by atoms with Crippen LogP contribution in [0.4, 0.5) is 0 Å². The van der Waals surface area contributed by atoms with Crippen LogP contribution >= 0.6 is 11.6 Å². The van der Waals surface area contributed by atoms with Gasteiger partial charge in [0.2, 0.25) is 5.91 Å². The van der Waals surface area contributed by atoms with E-state index >= 15 is 0 Å². The lowest BCUT2D eigenvalue weighted by molar-refractivity contribution is -0.121. The molecule has 1 N–H and O–H groups in total. The fourth-order valence-electron chi connectivity index (χ4n) is 1.50. The molecule has 0 unspecified atom stereocenters. The van der Waals surface area contributed by atoms with E-state index in [0.717, 1.165) is 5.52 Å². The number of halogens is 1. The van der Waals surface area contributed by atoms with Crippen LogP contribution in [0.3, 0.4) is 0 Å². The maximum absolute atomic E-state index is 11.4. The predicted molar refractivity (Wildman–Crippen MR) is 61.2 cm³/mol. The van der Waals surface area contributed by atoms with Crippen molar-refractivity contribution in [3.8, 4) is 0 Å². The summed E-state index contributed by atoms with van der Waals surface area (Å²) >= 11 is 5.79. The van der Waals surface area contributed by atoms with Crippen LogP contribution in [-0.4, -0.2) is 27.5 Å². The molecular formula is C10H11ClN4O. The Morgan fingerprint density at radius 1 is 1.62 bits per heavy atom. The fourth-order valence-corrected chi connectivity index (χ4v) is 1.70. The van der Waals surface area contributed by atoms with E-state index in [1.165, 1.54) is 0 Å². The van der Waals surface area contributed by atoms with Gasteiger partial charge in [-0.2, -0.15) is 0 Å². The number of hydrogen-bond donors (Lipinski definition) is 1. The number of carbonyl (C=O) groups excluding carboxylic acids is 1. The quantitative estimate of drug-likeness (QED) is 0.809. The normalized spacial score (nSPS) is 10.6. The zero-order chi connectivity index (χ0) is 11.5. The summed E-state index contributed by atoms with van der Waals surface area (Å²) in [7, 11) is 1.59. The highest BCUT2D eigenvalue weighted by molar-refractivity contribution is 6.16. The molecule has 84 valence electrons. The van der Waals surface area contributed by atoms with Gasteiger partial charge < -0.3 is 9.88 Å². The van der Waals surface area contributed by atoms with Crippen molar-refractivity contribution in [1.82, 2.24) is 19.9 Å². The van der Waals surface area contributed by atoms with Crippen LogP contribution in [-0.2, 0) is 17.2 Å². The molecule has 2 heterocycles. The zero-order valence-electron chi connectivity index (χ0n) is 8.77. The summed E-state index contributed by atoms with van der Waals surface area (Å²) in [5.41, 5.74) is 1.43. The fraction of sp³-hybridized carbons (Fsp3) is 0.300. The van der Waals surface area contributed by atoms with Gasteiger partial charge in [-0.05, 0) is 12.1 Å². The summed E-state index contributed by atoms with van der Waals surface area (Å²) in [6, 6.07) is 3.65. The second kappa shape index (κ2) is 4.49. The molecule has 0 aliphatic carbocycles. The molecule has 0 saturated carbocycles. The first-order valence-electron chi connectivity index (χ1n) is 4.83. The van der Waals surface area contributed by atoms with E-state index in [2.05, 4.69) is 15.3 Å². The lowest BCUT2D eigenvalue weighted by Crippen LogP contribution is -2.24. The van der Waals surface area contributed by atoms with Gasteiger partial charge in [-0.1, -0.05) is 0 Å². The SMILES string of the molecule is CNC(=O)Cn1c(CCl)nc2cccnc21. The van der Waals surface area contributed by atoms with Gasteiger partial charge in [-0.25, -0.2) is 9.97 Å². The molecule has 0 saturated heterocycles. The third-order valence-electron chi connectivity index (χ3n) is 2.28. The Bertz CT molecular complexity index is 523. The first-order valence-corrected chi connectivity index (χ1v) is 5.36. The number of fused-ring (bicyclic) bond motifs is 1. The summed E-state index contributed by atoms with van der Waals surface area (Å²) < 4.78 is 1.72. The molecule has 0 aromatic carbocycles. The maximum atomic E-state index is 11.4. The summed E-state index contributed by atoms with van der Waals surface area (Å²) in [4.78, 5) is 19.9. The minimum Gasteiger partial charge on any atom is -0.358 e. The number of aromatic nitrogens is 3. The topological polar surface area (TPSA) is 59.8 Å². The van der Waals surface area contributed by atoms with E-state index in [1.807, 2.05) is 6.07 Å². The number of nitrogens with one attached hydrogen (secondary N) is 1. The van der Waals surface area contributed by atoms with Crippen LogP contribution in [0.25, 0.3) is 11.2 Å². The maximum Gasteiger partial charge on any atom is 0.239 e. The van der Waals surface area contributed by atoms with Crippen molar-refractivity contribution in [3.63, 3.8) is 0 Å². The van der Waals surface area contributed by atoms with E-state index in [1.54, 1.807) is 23.9 Å². The molecule has 2 aromatic rings. The first kappa shape index (κ1) is 10.9. The molecule has 0 aliphatic rings. The Balaban J connectivity index is 2.51. The Labute approximate surface area is 97.4 Å². The van der Waals surface area contributed by atoms with Crippen LogP contribution in [0.2, 0.25) is 0 Å². The Kier molecular flexibility index (Phi) is 3.05.